The Balaban J connectivity index is 2.09. The predicted molar refractivity (Wildman–Crippen MR) is 107 cm³/mol. The van der Waals surface area contributed by atoms with Gasteiger partial charge in [-0.1, -0.05) is 20.4 Å². The fourth-order valence-corrected chi connectivity index (χ4v) is 5.61. The fourth-order valence-electron chi connectivity index (χ4n) is 3.85. The molecule has 10 heteroatoms. The SMILES string of the molecule is C=C1c2c(cn(C)c2C(=O)Nc2ccc(F)c(C(F)F)c2)S(=O)(=O)N(C)C1C(C)C. The molecule has 3 rings (SSSR count). The van der Waals surface area contributed by atoms with Crippen molar-refractivity contribution in [3.63, 3.8) is 0 Å². The molecule has 0 aliphatic carbocycles. The molecule has 0 spiro atoms. The van der Waals surface area contributed by atoms with Gasteiger partial charge in [-0.05, 0) is 29.7 Å². The minimum atomic E-state index is -3.86. The third-order valence-corrected chi connectivity index (χ3v) is 7.06. The predicted octanol–water partition coefficient (Wildman–Crippen LogP) is 4.03. The van der Waals surface area contributed by atoms with Crippen molar-refractivity contribution in [2.45, 2.75) is 31.2 Å². The van der Waals surface area contributed by atoms with Crippen LogP contribution < -0.4 is 5.32 Å². The molecule has 6 nitrogen and oxygen atoms in total. The maximum Gasteiger partial charge on any atom is 0.272 e. The molecule has 0 radical (unpaired) electrons. The number of nitrogens with zero attached hydrogens (tertiary/aromatic N) is 2. The molecular weight excluding hydrogens is 419 g/mol. The molecule has 1 atom stereocenters. The van der Waals surface area contributed by atoms with Crippen LogP contribution in [-0.2, 0) is 17.1 Å². The zero-order valence-electron chi connectivity index (χ0n) is 16.9. The molecule has 2 heterocycles. The van der Waals surface area contributed by atoms with Crippen molar-refractivity contribution in [2.24, 2.45) is 13.0 Å². The first-order chi connectivity index (χ1) is 13.9. The van der Waals surface area contributed by atoms with Gasteiger partial charge in [0.25, 0.3) is 12.3 Å². The normalized spacial score (nSPS) is 18.7. The monoisotopic (exact) mass is 441 g/mol. The highest BCUT2D eigenvalue weighted by atomic mass is 32.2. The third kappa shape index (κ3) is 3.43. The molecule has 1 N–H and O–H groups in total. The van der Waals surface area contributed by atoms with E-state index >= 15 is 0 Å². The summed E-state index contributed by atoms with van der Waals surface area (Å²) in [5.74, 6) is -1.90. The number of fused-ring (bicyclic) bond motifs is 1. The molecule has 1 aromatic carbocycles. The molecule has 1 unspecified atom stereocenters. The van der Waals surface area contributed by atoms with Gasteiger partial charge in [0.1, 0.15) is 16.4 Å². The summed E-state index contributed by atoms with van der Waals surface area (Å²) in [5.41, 5.74) is -0.178. The smallest absolute Gasteiger partial charge is 0.272 e. The maximum absolute atomic E-state index is 13.5. The van der Waals surface area contributed by atoms with Crippen LogP contribution in [0.2, 0.25) is 0 Å². The van der Waals surface area contributed by atoms with Gasteiger partial charge < -0.3 is 9.88 Å². The number of hydrogen-bond donors (Lipinski definition) is 1. The molecule has 0 fully saturated rings. The first-order valence-corrected chi connectivity index (χ1v) is 10.6. The van der Waals surface area contributed by atoms with Crippen molar-refractivity contribution >= 4 is 27.2 Å². The quantitative estimate of drug-likeness (QED) is 0.779. The van der Waals surface area contributed by atoms with Crippen LogP contribution in [0, 0.1) is 11.7 Å². The number of amides is 1. The number of benzene rings is 1. The van der Waals surface area contributed by atoms with Gasteiger partial charge >= 0.3 is 0 Å². The number of nitrogens with one attached hydrogen (secondary N) is 1. The van der Waals surface area contributed by atoms with Crippen molar-refractivity contribution in [3.05, 3.63) is 53.6 Å². The van der Waals surface area contributed by atoms with Gasteiger partial charge in [0, 0.05) is 31.5 Å². The van der Waals surface area contributed by atoms with Gasteiger partial charge in [-0.15, -0.1) is 0 Å². The lowest BCUT2D eigenvalue weighted by molar-refractivity contribution is 0.101. The van der Waals surface area contributed by atoms with Crippen LogP contribution >= 0.6 is 0 Å². The number of aromatic nitrogens is 1. The number of alkyl halides is 2. The van der Waals surface area contributed by atoms with E-state index < -0.39 is 39.8 Å². The molecule has 1 aliphatic rings. The van der Waals surface area contributed by atoms with E-state index in [1.54, 1.807) is 0 Å². The Morgan fingerprint density at radius 1 is 1.23 bits per heavy atom. The zero-order chi connectivity index (χ0) is 22.5. The summed E-state index contributed by atoms with van der Waals surface area (Å²) in [6.07, 6.45) is -1.72. The van der Waals surface area contributed by atoms with E-state index in [4.69, 9.17) is 0 Å². The summed E-state index contributed by atoms with van der Waals surface area (Å²) < 4.78 is 68.0. The number of carbonyl (C=O) groups excluding carboxylic acids is 1. The lowest BCUT2D eigenvalue weighted by Gasteiger charge is -2.36. The number of carbonyl (C=O) groups is 1. The minimum absolute atomic E-state index is 0.0280. The van der Waals surface area contributed by atoms with E-state index in [1.807, 2.05) is 13.8 Å². The fraction of sp³-hybridized carbons (Fsp3) is 0.350. The number of halogens is 3. The molecular formula is C20H22F3N3O3S. The summed E-state index contributed by atoms with van der Waals surface area (Å²) in [6.45, 7) is 7.73. The van der Waals surface area contributed by atoms with E-state index in [9.17, 15) is 26.4 Å². The van der Waals surface area contributed by atoms with Gasteiger partial charge in [0.15, 0.2) is 0 Å². The Morgan fingerprint density at radius 3 is 2.43 bits per heavy atom. The lowest BCUT2D eigenvalue weighted by Crippen LogP contribution is -2.44. The number of hydrogen-bond acceptors (Lipinski definition) is 3. The highest BCUT2D eigenvalue weighted by Gasteiger charge is 2.43. The highest BCUT2D eigenvalue weighted by molar-refractivity contribution is 7.89. The molecule has 2 aromatic rings. The van der Waals surface area contributed by atoms with Gasteiger partial charge in [0.05, 0.1) is 11.6 Å². The number of anilines is 1. The highest BCUT2D eigenvalue weighted by Crippen LogP contribution is 2.41. The Labute approximate surface area is 173 Å². The summed E-state index contributed by atoms with van der Waals surface area (Å²) in [7, 11) is -0.883. The topological polar surface area (TPSA) is 71.4 Å². The lowest BCUT2D eigenvalue weighted by atomic mass is 9.91. The molecule has 0 saturated heterocycles. The maximum atomic E-state index is 13.5. The average molecular weight is 441 g/mol. The summed E-state index contributed by atoms with van der Waals surface area (Å²) in [5, 5.41) is 2.45. The van der Waals surface area contributed by atoms with Crippen LogP contribution in [-0.4, -0.2) is 36.3 Å². The van der Waals surface area contributed by atoms with Crippen LogP contribution in [0.15, 0.2) is 35.9 Å². The van der Waals surface area contributed by atoms with Gasteiger partial charge in [-0.2, -0.15) is 4.31 Å². The van der Waals surface area contributed by atoms with E-state index in [2.05, 4.69) is 11.9 Å². The van der Waals surface area contributed by atoms with Crippen LogP contribution in [0.3, 0.4) is 0 Å². The van der Waals surface area contributed by atoms with Crippen molar-refractivity contribution in [2.75, 3.05) is 12.4 Å². The van der Waals surface area contributed by atoms with Crippen LogP contribution in [0.25, 0.3) is 5.57 Å². The van der Waals surface area contributed by atoms with Crippen LogP contribution in [0.4, 0.5) is 18.9 Å². The summed E-state index contributed by atoms with van der Waals surface area (Å²) >= 11 is 0. The Hall–Kier alpha value is -2.59. The van der Waals surface area contributed by atoms with Crippen molar-refractivity contribution in [3.8, 4) is 0 Å². The number of aryl methyl sites for hydroxylation is 1. The zero-order valence-corrected chi connectivity index (χ0v) is 17.7. The Morgan fingerprint density at radius 2 is 1.87 bits per heavy atom. The number of rotatable bonds is 4. The van der Waals surface area contributed by atoms with Crippen molar-refractivity contribution in [1.29, 1.82) is 0 Å². The first-order valence-electron chi connectivity index (χ1n) is 9.13. The Bertz CT molecular complexity index is 1140. The molecule has 1 aromatic heterocycles. The second-order valence-electron chi connectivity index (χ2n) is 7.55. The third-order valence-electron chi connectivity index (χ3n) is 5.21. The van der Waals surface area contributed by atoms with Gasteiger partial charge in [-0.25, -0.2) is 21.6 Å². The van der Waals surface area contributed by atoms with Gasteiger partial charge in [-0.3, -0.25) is 4.79 Å². The second-order valence-corrected chi connectivity index (χ2v) is 9.52. The molecule has 0 bridgehead atoms. The standard InChI is InChI=1S/C20H22F3N3O3S/c1-10(2)17-11(3)16-15(30(28,29)26(17)5)9-25(4)18(16)20(27)24-12-6-7-14(21)13(8-12)19(22)23/h6-10,17,19H,3H2,1-2,4-5H3,(H,24,27). The number of sulfonamides is 1. The molecule has 0 saturated carbocycles. The van der Waals surface area contributed by atoms with E-state index in [0.29, 0.717) is 5.57 Å². The van der Waals surface area contributed by atoms with Crippen LogP contribution in [0.5, 0.6) is 0 Å². The molecule has 162 valence electrons. The first kappa shape index (κ1) is 22.1. The van der Waals surface area contributed by atoms with Crippen molar-refractivity contribution < 1.29 is 26.4 Å². The van der Waals surface area contributed by atoms with Gasteiger partial charge in [0.2, 0.25) is 10.0 Å². The number of likely N-dealkylation sites (N-methyl/N-ethyl adjacent to an activating group) is 1. The minimum Gasteiger partial charge on any atom is -0.345 e. The van der Waals surface area contributed by atoms with E-state index in [0.717, 1.165) is 18.2 Å². The average Bonchev–Trinajstić information content (AvgIpc) is 3.00. The van der Waals surface area contributed by atoms with E-state index in [-0.39, 0.29) is 27.8 Å². The van der Waals surface area contributed by atoms with Crippen molar-refractivity contribution in [1.82, 2.24) is 8.87 Å². The summed E-state index contributed by atoms with van der Waals surface area (Å²) in [6, 6.07) is 2.30. The Kier molecular flexibility index (Phi) is 5.59. The van der Waals surface area contributed by atoms with E-state index in [1.165, 1.54) is 29.2 Å². The van der Waals surface area contributed by atoms with Crippen LogP contribution in [0.1, 0.15) is 41.9 Å². The molecule has 1 amide bonds. The second kappa shape index (κ2) is 7.59. The largest absolute Gasteiger partial charge is 0.345 e. The summed E-state index contributed by atoms with van der Waals surface area (Å²) in [4.78, 5) is 12.9. The molecule has 1 aliphatic heterocycles. The molecule has 30 heavy (non-hydrogen) atoms.